The number of aromatic nitrogens is 3. The van der Waals surface area contributed by atoms with Gasteiger partial charge in [0.1, 0.15) is 0 Å². The Morgan fingerprint density at radius 2 is 2.19 bits per heavy atom. The van der Waals surface area contributed by atoms with Crippen LogP contribution in [0.25, 0.3) is 22.2 Å². The fourth-order valence-corrected chi connectivity index (χ4v) is 4.74. The van der Waals surface area contributed by atoms with E-state index in [2.05, 4.69) is 55.2 Å². The zero-order valence-corrected chi connectivity index (χ0v) is 18.8. The molecule has 0 aliphatic carbocycles. The molecule has 162 valence electrons. The van der Waals surface area contributed by atoms with Crippen molar-refractivity contribution in [3.63, 3.8) is 0 Å². The van der Waals surface area contributed by atoms with Crippen molar-refractivity contribution in [1.82, 2.24) is 14.5 Å². The third kappa shape index (κ3) is 3.42. The van der Waals surface area contributed by atoms with Gasteiger partial charge in [-0.3, -0.25) is 10.1 Å². The largest absolute Gasteiger partial charge is 0.347 e. The van der Waals surface area contributed by atoms with Crippen LogP contribution in [0.1, 0.15) is 24.5 Å². The zero-order chi connectivity index (χ0) is 22.4. The van der Waals surface area contributed by atoms with Crippen LogP contribution in [0.5, 0.6) is 0 Å². The first-order valence-electron chi connectivity index (χ1n) is 10.3. The summed E-state index contributed by atoms with van der Waals surface area (Å²) >= 11 is 3.57. The van der Waals surface area contributed by atoms with E-state index in [0.717, 1.165) is 40.5 Å². The fraction of sp³-hybridized carbons (Fsp3) is 0.217. The summed E-state index contributed by atoms with van der Waals surface area (Å²) in [5, 5.41) is 15.4. The summed E-state index contributed by atoms with van der Waals surface area (Å²) in [6.45, 7) is 2.81. The number of benzene rings is 2. The summed E-state index contributed by atoms with van der Waals surface area (Å²) in [6, 6.07) is 8.70. The summed E-state index contributed by atoms with van der Waals surface area (Å²) in [7, 11) is 0. The van der Waals surface area contributed by atoms with Crippen LogP contribution < -0.4 is 5.32 Å². The minimum Gasteiger partial charge on any atom is -0.347 e. The number of nitrogens with zero attached hydrogens (tertiary/aromatic N) is 4. The summed E-state index contributed by atoms with van der Waals surface area (Å²) in [5.41, 5.74) is 4.70. The SMILES string of the molecule is CCc1cc(F)c([N+](=O)[O-])cc1Nc1ncc(Br)c(-c2cn3c4c(cccc24)CCC3)n1. The van der Waals surface area contributed by atoms with Gasteiger partial charge in [0.2, 0.25) is 11.8 Å². The van der Waals surface area contributed by atoms with Gasteiger partial charge >= 0.3 is 5.69 Å². The van der Waals surface area contributed by atoms with Gasteiger partial charge in [-0.15, -0.1) is 0 Å². The molecule has 0 radical (unpaired) electrons. The van der Waals surface area contributed by atoms with Crippen molar-refractivity contribution >= 4 is 44.2 Å². The molecule has 32 heavy (non-hydrogen) atoms. The van der Waals surface area contributed by atoms with Crippen LogP contribution >= 0.6 is 15.9 Å². The second-order valence-corrected chi connectivity index (χ2v) is 8.59. The number of hydrogen-bond acceptors (Lipinski definition) is 5. The van der Waals surface area contributed by atoms with Crippen LogP contribution in [0, 0.1) is 15.9 Å². The van der Waals surface area contributed by atoms with Gasteiger partial charge in [-0.1, -0.05) is 25.1 Å². The quantitative estimate of drug-likeness (QED) is 0.264. The molecule has 4 aromatic rings. The third-order valence-corrected chi connectivity index (χ3v) is 6.40. The number of nitrogens with one attached hydrogen (secondary N) is 1. The van der Waals surface area contributed by atoms with Gasteiger partial charge in [0.05, 0.1) is 26.3 Å². The van der Waals surface area contributed by atoms with Crippen LogP contribution in [-0.2, 0) is 19.4 Å². The van der Waals surface area contributed by atoms with E-state index in [1.54, 1.807) is 6.20 Å². The molecule has 7 nitrogen and oxygen atoms in total. The molecule has 1 N–H and O–H groups in total. The van der Waals surface area contributed by atoms with Crippen molar-refractivity contribution < 1.29 is 9.31 Å². The van der Waals surface area contributed by atoms with Gasteiger partial charge < -0.3 is 9.88 Å². The van der Waals surface area contributed by atoms with Gasteiger partial charge in [-0.25, -0.2) is 9.97 Å². The standard InChI is InChI=1S/C23H19BrFN5O2/c1-2-13-9-18(25)20(30(31)32)10-19(13)27-23-26-11-17(24)21(28-23)16-12-29-8-4-6-14-5-3-7-15(16)22(14)29/h3,5,7,9-12H,2,4,6,8H2,1H3,(H,26,27,28). The van der Waals surface area contributed by atoms with Crippen molar-refractivity contribution in [3.8, 4) is 11.3 Å². The van der Waals surface area contributed by atoms with E-state index in [4.69, 9.17) is 4.98 Å². The predicted molar refractivity (Wildman–Crippen MR) is 125 cm³/mol. The molecule has 0 atom stereocenters. The second kappa shape index (κ2) is 7.98. The molecule has 2 aromatic heterocycles. The zero-order valence-electron chi connectivity index (χ0n) is 17.2. The lowest BCUT2D eigenvalue weighted by Crippen LogP contribution is -2.05. The van der Waals surface area contributed by atoms with E-state index in [1.807, 2.05) is 6.92 Å². The van der Waals surface area contributed by atoms with E-state index in [9.17, 15) is 14.5 Å². The summed E-state index contributed by atoms with van der Waals surface area (Å²) in [5.74, 6) is -0.574. The lowest BCUT2D eigenvalue weighted by atomic mass is 10.0. The van der Waals surface area contributed by atoms with Crippen LogP contribution in [-0.4, -0.2) is 19.5 Å². The van der Waals surface area contributed by atoms with Crippen molar-refractivity contribution in [1.29, 1.82) is 0 Å². The molecule has 0 saturated carbocycles. The van der Waals surface area contributed by atoms with Crippen molar-refractivity contribution in [2.45, 2.75) is 32.7 Å². The molecule has 0 saturated heterocycles. The lowest BCUT2D eigenvalue weighted by molar-refractivity contribution is -0.387. The van der Waals surface area contributed by atoms with Gasteiger partial charge in [0.25, 0.3) is 0 Å². The molecule has 0 fully saturated rings. The number of anilines is 2. The molecule has 3 heterocycles. The molecular formula is C23H19BrFN5O2. The summed E-state index contributed by atoms with van der Waals surface area (Å²) in [6.07, 6.45) is 6.42. The molecular weight excluding hydrogens is 477 g/mol. The molecule has 5 rings (SSSR count). The van der Waals surface area contributed by atoms with Crippen molar-refractivity contribution in [2.24, 2.45) is 0 Å². The number of hydrogen-bond donors (Lipinski definition) is 1. The number of nitro groups is 1. The lowest BCUT2D eigenvalue weighted by Gasteiger charge is -2.14. The van der Waals surface area contributed by atoms with Gasteiger partial charge in [0.15, 0.2) is 0 Å². The topological polar surface area (TPSA) is 85.9 Å². The molecule has 1 aliphatic rings. The Labute approximate surface area is 191 Å². The first-order chi connectivity index (χ1) is 15.5. The predicted octanol–water partition coefficient (Wildman–Crippen LogP) is 6.16. The van der Waals surface area contributed by atoms with Crippen LogP contribution in [0.4, 0.5) is 21.7 Å². The van der Waals surface area contributed by atoms with E-state index >= 15 is 0 Å². The third-order valence-electron chi connectivity index (χ3n) is 5.82. The Kier molecular flexibility index (Phi) is 5.13. The number of halogens is 2. The van der Waals surface area contributed by atoms with Gasteiger partial charge in [-0.2, -0.15) is 4.39 Å². The fourth-order valence-electron chi connectivity index (χ4n) is 4.33. The van der Waals surface area contributed by atoms with Crippen LogP contribution in [0.3, 0.4) is 0 Å². The highest BCUT2D eigenvalue weighted by molar-refractivity contribution is 9.10. The van der Waals surface area contributed by atoms with E-state index in [1.165, 1.54) is 23.2 Å². The van der Waals surface area contributed by atoms with Crippen molar-refractivity contribution in [3.05, 3.63) is 74.3 Å². The van der Waals surface area contributed by atoms with E-state index in [-0.39, 0.29) is 5.95 Å². The minimum absolute atomic E-state index is 0.283. The van der Waals surface area contributed by atoms with Gasteiger partial charge in [-0.05, 0) is 52.4 Å². The molecule has 2 aromatic carbocycles. The first kappa shape index (κ1) is 20.6. The smallest absolute Gasteiger partial charge is 0.306 e. The van der Waals surface area contributed by atoms with E-state index < -0.39 is 16.4 Å². The normalized spacial score (nSPS) is 12.8. The molecule has 9 heteroatoms. The Balaban J connectivity index is 1.60. The summed E-state index contributed by atoms with van der Waals surface area (Å²) in [4.78, 5) is 19.5. The molecule has 0 amide bonds. The average Bonchev–Trinajstić information content (AvgIpc) is 3.16. The number of rotatable bonds is 5. The highest BCUT2D eigenvalue weighted by Gasteiger charge is 2.21. The molecule has 0 spiro atoms. The number of aryl methyl sites for hydroxylation is 3. The molecule has 1 aliphatic heterocycles. The van der Waals surface area contributed by atoms with Crippen LogP contribution in [0.2, 0.25) is 0 Å². The maximum atomic E-state index is 14.1. The Morgan fingerprint density at radius 1 is 1.34 bits per heavy atom. The highest BCUT2D eigenvalue weighted by Crippen LogP contribution is 2.38. The average molecular weight is 496 g/mol. The first-order valence-corrected chi connectivity index (χ1v) is 11.1. The Hall–Kier alpha value is -3.33. The van der Waals surface area contributed by atoms with Gasteiger partial charge in [0, 0.05) is 36.0 Å². The highest BCUT2D eigenvalue weighted by atomic mass is 79.9. The van der Waals surface area contributed by atoms with Crippen LogP contribution in [0.15, 0.2) is 47.2 Å². The molecule has 0 bridgehead atoms. The second-order valence-electron chi connectivity index (χ2n) is 7.74. The maximum absolute atomic E-state index is 14.1. The van der Waals surface area contributed by atoms with Crippen molar-refractivity contribution in [2.75, 3.05) is 5.32 Å². The maximum Gasteiger partial charge on any atom is 0.306 e. The monoisotopic (exact) mass is 495 g/mol. The van der Waals surface area contributed by atoms with E-state index in [0.29, 0.717) is 17.7 Å². The Morgan fingerprint density at radius 3 is 2.97 bits per heavy atom. The Bertz CT molecular complexity index is 1380. The number of nitro benzene ring substituents is 1. The molecule has 0 unspecified atom stereocenters. The minimum atomic E-state index is -0.857. The summed E-state index contributed by atoms with van der Waals surface area (Å²) < 4.78 is 17.1. The number of para-hydroxylation sites is 1.